The number of alkyl halides is 3. The first-order chi connectivity index (χ1) is 8.00. The van der Waals surface area contributed by atoms with Gasteiger partial charge in [-0.1, -0.05) is 33.6 Å². The highest BCUT2D eigenvalue weighted by molar-refractivity contribution is 9.10. The van der Waals surface area contributed by atoms with Crippen LogP contribution in [0.4, 0.5) is 13.2 Å². The molecule has 1 rings (SSSR count). The van der Waals surface area contributed by atoms with Gasteiger partial charge in [0.2, 0.25) is 0 Å². The monoisotopic (exact) mass is 343 g/mol. The molecule has 0 amide bonds. The summed E-state index contributed by atoms with van der Waals surface area (Å²) < 4.78 is 39.9. The van der Waals surface area contributed by atoms with Crippen molar-refractivity contribution < 1.29 is 13.2 Å². The standard InChI is InChI=1S/C12H14BrClF3N/c1-11(2,3)18-10(12(15,16)17)8-5-4-7(13)6-9(8)14/h4-6,10,18H,1-3H3. The van der Waals surface area contributed by atoms with Crippen LogP contribution in [0.25, 0.3) is 0 Å². The summed E-state index contributed by atoms with van der Waals surface area (Å²) in [6, 6.07) is 2.60. The summed E-state index contributed by atoms with van der Waals surface area (Å²) in [4.78, 5) is 0. The van der Waals surface area contributed by atoms with Crippen LogP contribution in [-0.2, 0) is 0 Å². The van der Waals surface area contributed by atoms with Crippen molar-refractivity contribution in [1.82, 2.24) is 5.32 Å². The maximum absolute atomic E-state index is 13.1. The summed E-state index contributed by atoms with van der Waals surface area (Å²) in [5.41, 5.74) is -0.640. The Morgan fingerprint density at radius 1 is 1.22 bits per heavy atom. The second-order valence-electron chi connectivity index (χ2n) is 5.03. The van der Waals surface area contributed by atoms with Gasteiger partial charge in [-0.05, 0) is 38.5 Å². The van der Waals surface area contributed by atoms with Crippen LogP contribution in [0, 0.1) is 0 Å². The van der Waals surface area contributed by atoms with Crippen molar-refractivity contribution in [1.29, 1.82) is 0 Å². The van der Waals surface area contributed by atoms with Crippen molar-refractivity contribution in [2.45, 2.75) is 38.5 Å². The van der Waals surface area contributed by atoms with E-state index in [1.807, 2.05) is 0 Å². The molecule has 0 aliphatic carbocycles. The molecule has 0 aromatic heterocycles. The molecular weight excluding hydrogens is 330 g/mol. The SMILES string of the molecule is CC(C)(C)NC(c1ccc(Br)cc1Cl)C(F)(F)F. The van der Waals surface area contributed by atoms with E-state index in [0.29, 0.717) is 4.47 Å². The molecule has 18 heavy (non-hydrogen) atoms. The van der Waals surface area contributed by atoms with E-state index < -0.39 is 17.8 Å². The Morgan fingerprint density at radius 3 is 2.17 bits per heavy atom. The Morgan fingerprint density at radius 2 is 1.78 bits per heavy atom. The average molecular weight is 345 g/mol. The zero-order valence-electron chi connectivity index (χ0n) is 10.2. The highest BCUT2D eigenvalue weighted by Gasteiger charge is 2.43. The molecule has 0 radical (unpaired) electrons. The van der Waals surface area contributed by atoms with Gasteiger partial charge in [0, 0.05) is 15.0 Å². The largest absolute Gasteiger partial charge is 0.407 e. The van der Waals surface area contributed by atoms with Crippen LogP contribution < -0.4 is 5.32 Å². The number of nitrogens with one attached hydrogen (secondary N) is 1. The molecule has 1 atom stereocenters. The molecule has 1 N–H and O–H groups in total. The van der Waals surface area contributed by atoms with Gasteiger partial charge in [-0.25, -0.2) is 0 Å². The first-order valence-electron chi connectivity index (χ1n) is 5.30. The number of halogens is 5. The lowest BCUT2D eigenvalue weighted by Gasteiger charge is -2.31. The molecule has 1 aromatic carbocycles. The molecule has 6 heteroatoms. The summed E-state index contributed by atoms with van der Waals surface area (Å²) in [6.07, 6.45) is -4.40. The first kappa shape index (κ1) is 15.8. The molecular formula is C12H14BrClF3N. The van der Waals surface area contributed by atoms with Crippen LogP contribution in [0.2, 0.25) is 5.02 Å². The second-order valence-corrected chi connectivity index (χ2v) is 6.36. The Bertz CT molecular complexity index is 426. The van der Waals surface area contributed by atoms with Crippen LogP contribution in [0.3, 0.4) is 0 Å². The van der Waals surface area contributed by atoms with Gasteiger partial charge in [0.05, 0.1) is 0 Å². The minimum atomic E-state index is -4.40. The van der Waals surface area contributed by atoms with Gasteiger partial charge in [-0.2, -0.15) is 13.2 Å². The molecule has 0 saturated heterocycles. The Hall–Kier alpha value is -0.260. The molecule has 0 aliphatic rings. The van der Waals surface area contributed by atoms with Crippen molar-refractivity contribution in [3.05, 3.63) is 33.3 Å². The van der Waals surface area contributed by atoms with E-state index in [9.17, 15) is 13.2 Å². The van der Waals surface area contributed by atoms with Crippen LogP contribution in [0.5, 0.6) is 0 Å². The highest BCUT2D eigenvalue weighted by atomic mass is 79.9. The molecule has 0 heterocycles. The molecule has 1 unspecified atom stereocenters. The van der Waals surface area contributed by atoms with Crippen molar-refractivity contribution in [3.63, 3.8) is 0 Å². The number of hydrogen-bond donors (Lipinski definition) is 1. The van der Waals surface area contributed by atoms with Crippen molar-refractivity contribution in [3.8, 4) is 0 Å². The number of benzene rings is 1. The minimum Gasteiger partial charge on any atom is -0.298 e. The molecule has 1 aromatic rings. The van der Waals surface area contributed by atoms with Crippen molar-refractivity contribution in [2.24, 2.45) is 0 Å². The maximum atomic E-state index is 13.1. The van der Waals surface area contributed by atoms with Crippen molar-refractivity contribution in [2.75, 3.05) is 0 Å². The smallest absolute Gasteiger partial charge is 0.298 e. The van der Waals surface area contributed by atoms with Crippen LogP contribution in [-0.4, -0.2) is 11.7 Å². The van der Waals surface area contributed by atoms with E-state index in [2.05, 4.69) is 21.2 Å². The highest BCUT2D eigenvalue weighted by Crippen LogP contribution is 2.38. The molecule has 1 nitrogen and oxygen atoms in total. The van der Waals surface area contributed by atoms with E-state index in [-0.39, 0.29) is 10.6 Å². The second kappa shape index (κ2) is 5.39. The molecule has 0 aliphatic heterocycles. The first-order valence-corrected chi connectivity index (χ1v) is 6.47. The van der Waals surface area contributed by atoms with Crippen LogP contribution >= 0.6 is 27.5 Å². The van der Waals surface area contributed by atoms with Crippen molar-refractivity contribution >= 4 is 27.5 Å². The quantitative estimate of drug-likeness (QED) is 0.787. The van der Waals surface area contributed by atoms with E-state index >= 15 is 0 Å². The van der Waals surface area contributed by atoms with Gasteiger partial charge in [-0.15, -0.1) is 0 Å². The predicted molar refractivity (Wildman–Crippen MR) is 70.8 cm³/mol. The summed E-state index contributed by atoms with van der Waals surface area (Å²) in [5.74, 6) is 0. The lowest BCUT2D eigenvalue weighted by molar-refractivity contribution is -0.161. The normalized spacial score (nSPS) is 14.7. The summed E-state index contributed by atoms with van der Waals surface area (Å²) in [6.45, 7) is 5.04. The lowest BCUT2D eigenvalue weighted by Crippen LogP contribution is -2.45. The third kappa shape index (κ3) is 4.44. The Balaban J connectivity index is 3.18. The Labute approximate surface area is 118 Å². The molecule has 0 fully saturated rings. The van der Waals surface area contributed by atoms with E-state index in [4.69, 9.17) is 11.6 Å². The number of rotatable bonds is 2. The van der Waals surface area contributed by atoms with Gasteiger partial charge < -0.3 is 0 Å². The van der Waals surface area contributed by atoms with E-state index in [0.717, 1.165) is 0 Å². The third-order valence-electron chi connectivity index (χ3n) is 2.18. The summed E-state index contributed by atoms with van der Waals surface area (Å²) in [7, 11) is 0. The topological polar surface area (TPSA) is 12.0 Å². The molecule has 0 saturated carbocycles. The van der Waals surface area contributed by atoms with Gasteiger partial charge in [0.1, 0.15) is 6.04 Å². The summed E-state index contributed by atoms with van der Waals surface area (Å²) in [5, 5.41) is 2.63. The third-order valence-corrected chi connectivity index (χ3v) is 3.00. The predicted octanol–water partition coefficient (Wildman–Crippen LogP) is 5.09. The van der Waals surface area contributed by atoms with E-state index in [1.165, 1.54) is 12.1 Å². The fourth-order valence-corrected chi connectivity index (χ4v) is 2.29. The van der Waals surface area contributed by atoms with Crippen LogP contribution in [0.1, 0.15) is 32.4 Å². The van der Waals surface area contributed by atoms with Gasteiger partial charge in [0.25, 0.3) is 0 Å². The fraction of sp³-hybridized carbons (Fsp3) is 0.500. The van der Waals surface area contributed by atoms with Gasteiger partial charge in [0.15, 0.2) is 0 Å². The lowest BCUT2D eigenvalue weighted by atomic mass is 10.0. The summed E-state index contributed by atoms with van der Waals surface area (Å²) >= 11 is 9.06. The van der Waals surface area contributed by atoms with Gasteiger partial charge >= 0.3 is 6.18 Å². The van der Waals surface area contributed by atoms with Crippen LogP contribution in [0.15, 0.2) is 22.7 Å². The maximum Gasteiger partial charge on any atom is 0.407 e. The zero-order valence-corrected chi connectivity index (χ0v) is 12.5. The van der Waals surface area contributed by atoms with E-state index in [1.54, 1.807) is 26.8 Å². The molecule has 102 valence electrons. The average Bonchev–Trinajstić information content (AvgIpc) is 2.11. The molecule has 0 bridgehead atoms. The fourth-order valence-electron chi connectivity index (χ4n) is 1.50. The molecule has 0 spiro atoms. The minimum absolute atomic E-state index is 0.0299. The zero-order chi connectivity index (χ0) is 14.1. The Kier molecular flexibility index (Phi) is 4.73. The van der Waals surface area contributed by atoms with Gasteiger partial charge in [-0.3, -0.25) is 5.32 Å². The number of hydrogen-bond acceptors (Lipinski definition) is 1.